The van der Waals surface area contributed by atoms with Crippen LogP contribution in [0.15, 0.2) is 30.3 Å². The van der Waals surface area contributed by atoms with Crippen LogP contribution in [0.25, 0.3) is 0 Å². The summed E-state index contributed by atoms with van der Waals surface area (Å²) in [6.45, 7) is 0. The van der Waals surface area contributed by atoms with Gasteiger partial charge in [-0.25, -0.2) is 4.79 Å². The van der Waals surface area contributed by atoms with Crippen molar-refractivity contribution < 1.29 is 19.4 Å². The lowest BCUT2D eigenvalue weighted by atomic mass is 10.0. The summed E-state index contributed by atoms with van der Waals surface area (Å²) in [6.07, 6.45) is 0.854. The van der Waals surface area contributed by atoms with Gasteiger partial charge in [0.2, 0.25) is 11.9 Å². The maximum atomic E-state index is 11.4. The molecule has 2 rings (SSSR count). The number of carbonyl (C=O) groups is 2. The highest BCUT2D eigenvalue weighted by Gasteiger charge is 2.41. The third kappa shape index (κ3) is 2.96. The number of cyclic esters (lactones) is 1. The molecule has 0 amide bonds. The standard InChI is InChI=1S/C14H16O4/c15-12-11(18-14(17)13(12)16)9-5-4-8-10-6-2-1-3-7-10/h1-3,6-7,11,13,16H,4-5,8-9H2. The number of hydrogen-bond donors (Lipinski definition) is 1. The molecular weight excluding hydrogens is 232 g/mol. The molecular formula is C14H16O4. The van der Waals surface area contributed by atoms with Crippen molar-refractivity contribution in [2.24, 2.45) is 0 Å². The Hall–Kier alpha value is -1.68. The number of Topliss-reactive ketones (excluding diaryl/α,β-unsaturated/α-hetero) is 1. The van der Waals surface area contributed by atoms with Crippen LogP contribution in [0, 0.1) is 0 Å². The van der Waals surface area contributed by atoms with E-state index in [1.807, 2.05) is 18.2 Å². The minimum atomic E-state index is -1.57. The average Bonchev–Trinajstić information content (AvgIpc) is 2.64. The van der Waals surface area contributed by atoms with E-state index >= 15 is 0 Å². The zero-order chi connectivity index (χ0) is 13.0. The molecule has 0 saturated carbocycles. The summed E-state index contributed by atoms with van der Waals surface area (Å²) in [6, 6.07) is 10.1. The second-order valence-corrected chi connectivity index (χ2v) is 4.46. The Kier molecular flexibility index (Phi) is 4.10. The summed E-state index contributed by atoms with van der Waals surface area (Å²) in [5.41, 5.74) is 1.26. The van der Waals surface area contributed by atoms with Crippen molar-refractivity contribution >= 4 is 11.8 Å². The van der Waals surface area contributed by atoms with Crippen molar-refractivity contribution in [3.05, 3.63) is 35.9 Å². The number of unbranched alkanes of at least 4 members (excludes halogenated alkanes) is 1. The molecule has 1 aliphatic heterocycles. The van der Waals surface area contributed by atoms with E-state index in [1.165, 1.54) is 5.56 Å². The first-order valence-electron chi connectivity index (χ1n) is 6.14. The first-order valence-corrected chi connectivity index (χ1v) is 6.14. The predicted molar refractivity (Wildman–Crippen MR) is 64.9 cm³/mol. The van der Waals surface area contributed by atoms with Gasteiger partial charge in [0.05, 0.1) is 0 Å². The second kappa shape index (κ2) is 5.78. The molecule has 0 aromatic heterocycles. The SMILES string of the molecule is O=C1OC(CCCCc2ccccc2)C(=O)C1O. The number of aryl methyl sites for hydroxylation is 1. The number of aliphatic hydroxyl groups excluding tert-OH is 1. The molecule has 1 aromatic carbocycles. The zero-order valence-corrected chi connectivity index (χ0v) is 10.0. The molecule has 1 N–H and O–H groups in total. The van der Waals surface area contributed by atoms with Crippen LogP contribution in [0.3, 0.4) is 0 Å². The number of benzene rings is 1. The summed E-state index contributed by atoms with van der Waals surface area (Å²) in [7, 11) is 0. The Morgan fingerprint density at radius 3 is 2.44 bits per heavy atom. The van der Waals surface area contributed by atoms with Gasteiger partial charge in [-0.2, -0.15) is 0 Å². The fourth-order valence-corrected chi connectivity index (χ4v) is 2.06. The van der Waals surface area contributed by atoms with Crippen molar-refractivity contribution in [2.75, 3.05) is 0 Å². The summed E-state index contributed by atoms with van der Waals surface area (Å²) in [4.78, 5) is 22.3. The van der Waals surface area contributed by atoms with E-state index in [0.717, 1.165) is 19.3 Å². The highest BCUT2D eigenvalue weighted by atomic mass is 16.6. The van der Waals surface area contributed by atoms with E-state index in [2.05, 4.69) is 12.1 Å². The van der Waals surface area contributed by atoms with Gasteiger partial charge in [0.25, 0.3) is 0 Å². The summed E-state index contributed by atoms with van der Waals surface area (Å²) in [5.74, 6) is -1.31. The third-order valence-electron chi connectivity index (χ3n) is 3.09. The number of hydrogen-bond acceptors (Lipinski definition) is 4. The van der Waals surface area contributed by atoms with E-state index in [0.29, 0.717) is 6.42 Å². The van der Waals surface area contributed by atoms with Gasteiger partial charge in [-0.05, 0) is 31.2 Å². The highest BCUT2D eigenvalue weighted by molar-refractivity contribution is 6.08. The van der Waals surface area contributed by atoms with Crippen LogP contribution in [0.1, 0.15) is 24.8 Å². The predicted octanol–water partition coefficient (Wildman–Crippen LogP) is 1.25. The van der Waals surface area contributed by atoms with Crippen LogP contribution in [-0.4, -0.2) is 29.1 Å². The Labute approximate surface area is 106 Å². The topological polar surface area (TPSA) is 63.6 Å². The van der Waals surface area contributed by atoms with Crippen LogP contribution in [0.5, 0.6) is 0 Å². The number of esters is 1. The highest BCUT2D eigenvalue weighted by Crippen LogP contribution is 2.17. The molecule has 4 heteroatoms. The molecule has 0 aliphatic carbocycles. The first-order chi connectivity index (χ1) is 8.68. The van der Waals surface area contributed by atoms with Crippen molar-refractivity contribution in [2.45, 2.75) is 37.9 Å². The molecule has 1 aromatic rings. The zero-order valence-electron chi connectivity index (χ0n) is 10.0. The Morgan fingerprint density at radius 2 is 1.83 bits per heavy atom. The maximum absolute atomic E-state index is 11.4. The van der Waals surface area contributed by atoms with E-state index in [9.17, 15) is 9.59 Å². The van der Waals surface area contributed by atoms with E-state index in [-0.39, 0.29) is 0 Å². The number of aliphatic hydroxyl groups is 1. The van der Waals surface area contributed by atoms with Crippen LogP contribution < -0.4 is 0 Å². The fraction of sp³-hybridized carbons (Fsp3) is 0.429. The van der Waals surface area contributed by atoms with Crippen molar-refractivity contribution in [1.29, 1.82) is 0 Å². The number of rotatable bonds is 5. The molecule has 1 heterocycles. The summed E-state index contributed by atoms with van der Waals surface area (Å²) in [5, 5.41) is 9.15. The van der Waals surface area contributed by atoms with Gasteiger partial charge in [-0.3, -0.25) is 4.79 Å². The van der Waals surface area contributed by atoms with Gasteiger partial charge in [-0.1, -0.05) is 30.3 Å². The van der Waals surface area contributed by atoms with Gasteiger partial charge in [0, 0.05) is 0 Å². The molecule has 2 unspecified atom stereocenters. The number of carbonyl (C=O) groups excluding carboxylic acids is 2. The molecule has 1 saturated heterocycles. The minimum Gasteiger partial charge on any atom is -0.452 e. The van der Waals surface area contributed by atoms with Crippen LogP contribution in [-0.2, 0) is 20.7 Å². The summed E-state index contributed by atoms with van der Waals surface area (Å²) >= 11 is 0. The van der Waals surface area contributed by atoms with Gasteiger partial charge in [0.1, 0.15) is 0 Å². The monoisotopic (exact) mass is 248 g/mol. The molecule has 96 valence electrons. The van der Waals surface area contributed by atoms with E-state index < -0.39 is 24.0 Å². The Morgan fingerprint density at radius 1 is 1.11 bits per heavy atom. The molecule has 0 radical (unpaired) electrons. The van der Waals surface area contributed by atoms with Gasteiger partial charge >= 0.3 is 5.97 Å². The van der Waals surface area contributed by atoms with Crippen molar-refractivity contribution in [3.8, 4) is 0 Å². The summed E-state index contributed by atoms with van der Waals surface area (Å²) < 4.78 is 4.80. The molecule has 2 atom stereocenters. The van der Waals surface area contributed by atoms with Crippen LogP contribution in [0.4, 0.5) is 0 Å². The molecule has 1 aliphatic rings. The average molecular weight is 248 g/mol. The van der Waals surface area contributed by atoms with E-state index in [1.54, 1.807) is 0 Å². The van der Waals surface area contributed by atoms with Gasteiger partial charge in [0.15, 0.2) is 6.10 Å². The third-order valence-corrected chi connectivity index (χ3v) is 3.09. The van der Waals surface area contributed by atoms with Gasteiger partial charge in [-0.15, -0.1) is 0 Å². The lowest BCUT2D eigenvalue weighted by Gasteiger charge is -2.07. The molecule has 0 spiro atoms. The lowest BCUT2D eigenvalue weighted by Crippen LogP contribution is -2.24. The lowest BCUT2D eigenvalue weighted by molar-refractivity contribution is -0.147. The van der Waals surface area contributed by atoms with Crippen molar-refractivity contribution in [1.82, 2.24) is 0 Å². The van der Waals surface area contributed by atoms with Crippen LogP contribution in [0.2, 0.25) is 0 Å². The van der Waals surface area contributed by atoms with E-state index in [4.69, 9.17) is 9.84 Å². The molecule has 0 bridgehead atoms. The first kappa shape index (κ1) is 12.8. The quantitative estimate of drug-likeness (QED) is 0.484. The molecule has 18 heavy (non-hydrogen) atoms. The van der Waals surface area contributed by atoms with Crippen LogP contribution >= 0.6 is 0 Å². The molecule has 1 fully saturated rings. The second-order valence-electron chi connectivity index (χ2n) is 4.46. The number of ketones is 1. The maximum Gasteiger partial charge on any atom is 0.343 e. The van der Waals surface area contributed by atoms with Crippen molar-refractivity contribution in [3.63, 3.8) is 0 Å². The Balaban J connectivity index is 1.70. The largest absolute Gasteiger partial charge is 0.452 e. The molecule has 4 nitrogen and oxygen atoms in total. The normalized spacial score (nSPS) is 23.2. The Bertz CT molecular complexity index is 427. The number of ether oxygens (including phenoxy) is 1. The fourth-order valence-electron chi connectivity index (χ4n) is 2.06. The minimum absolute atomic E-state index is 0.495. The van der Waals surface area contributed by atoms with Gasteiger partial charge < -0.3 is 9.84 Å². The smallest absolute Gasteiger partial charge is 0.343 e.